The molecule has 0 saturated heterocycles. The van der Waals surface area contributed by atoms with Crippen molar-refractivity contribution < 1.29 is 0 Å². The Balaban J connectivity index is 2.63. The van der Waals surface area contributed by atoms with Crippen LogP contribution < -0.4 is 0 Å². The van der Waals surface area contributed by atoms with E-state index in [1.807, 2.05) is 0 Å². The Morgan fingerprint density at radius 3 is 2.40 bits per heavy atom. The maximum Gasteiger partial charge on any atom is -0.0213 e. The molecule has 0 heterocycles. The highest BCUT2D eigenvalue weighted by atomic mass is 14.4. The summed E-state index contributed by atoms with van der Waals surface area (Å²) in [4.78, 5) is 0. The van der Waals surface area contributed by atoms with Crippen LogP contribution in [0.4, 0.5) is 0 Å². The van der Waals surface area contributed by atoms with E-state index >= 15 is 0 Å². The van der Waals surface area contributed by atoms with Gasteiger partial charge in [-0.15, -0.1) is 0 Å². The molecule has 1 atom stereocenters. The van der Waals surface area contributed by atoms with Gasteiger partial charge in [-0.2, -0.15) is 0 Å². The molecule has 59 valence electrons. The van der Waals surface area contributed by atoms with E-state index in [1.54, 1.807) is 5.92 Å². The monoisotopic (exact) mass is 139 g/mol. The second kappa shape index (κ2) is 2.56. The zero-order chi connectivity index (χ0) is 7.78. The molecule has 0 nitrogen and oxygen atoms in total. The Morgan fingerprint density at radius 2 is 2.00 bits per heavy atom. The summed E-state index contributed by atoms with van der Waals surface area (Å²) >= 11 is 0. The lowest BCUT2D eigenvalue weighted by Crippen LogP contribution is -2.31. The molecule has 0 heteroatoms. The van der Waals surface area contributed by atoms with Crippen LogP contribution in [-0.2, 0) is 0 Å². The molecule has 0 aromatic heterocycles. The number of hydrogen-bond donors (Lipinski definition) is 0. The second-order valence-corrected chi connectivity index (χ2v) is 4.30. The molecule has 10 heavy (non-hydrogen) atoms. The van der Waals surface area contributed by atoms with Crippen LogP contribution in [0.2, 0.25) is 0 Å². The van der Waals surface area contributed by atoms with Crippen LogP contribution in [0.1, 0.15) is 47.0 Å². The Kier molecular flexibility index (Phi) is 2.07. The zero-order valence-corrected chi connectivity index (χ0v) is 7.70. The summed E-state index contributed by atoms with van der Waals surface area (Å²) in [6, 6.07) is 0. The van der Waals surface area contributed by atoms with Crippen molar-refractivity contribution in [1.82, 2.24) is 0 Å². The van der Waals surface area contributed by atoms with E-state index < -0.39 is 0 Å². The van der Waals surface area contributed by atoms with Crippen molar-refractivity contribution in [3.05, 3.63) is 5.92 Å². The molecule has 0 N–H and O–H groups in total. The minimum atomic E-state index is 0.512. The molecule has 1 radical (unpaired) electrons. The molecule has 0 amide bonds. The predicted octanol–water partition coefficient (Wildman–Crippen LogP) is 3.43. The minimum absolute atomic E-state index is 0.512. The first-order chi connectivity index (χ1) is 4.55. The first kappa shape index (κ1) is 8.10. The Morgan fingerprint density at radius 1 is 1.40 bits per heavy atom. The standard InChI is InChI=1S/C10H19/c1-8-6-5-7-9(2)10(8,3)4/h8H,5-7H2,1-4H3. The van der Waals surface area contributed by atoms with Gasteiger partial charge in [0.05, 0.1) is 0 Å². The van der Waals surface area contributed by atoms with Crippen molar-refractivity contribution >= 4 is 0 Å². The van der Waals surface area contributed by atoms with Crippen LogP contribution in [0.3, 0.4) is 0 Å². The van der Waals surface area contributed by atoms with Crippen molar-refractivity contribution in [1.29, 1.82) is 0 Å². The van der Waals surface area contributed by atoms with Crippen LogP contribution in [0.25, 0.3) is 0 Å². The fourth-order valence-electron chi connectivity index (χ4n) is 1.78. The Labute approximate surface area is 65.0 Å². The Bertz CT molecular complexity index is 101. The SMILES string of the molecule is C[C]1CCCC(C)C1(C)C. The highest BCUT2D eigenvalue weighted by Crippen LogP contribution is 2.45. The van der Waals surface area contributed by atoms with E-state index in [2.05, 4.69) is 27.7 Å². The number of rotatable bonds is 0. The predicted molar refractivity (Wildman–Crippen MR) is 45.7 cm³/mol. The molecule has 0 aromatic carbocycles. The summed E-state index contributed by atoms with van der Waals surface area (Å²) in [6.07, 6.45) is 4.19. The van der Waals surface area contributed by atoms with Crippen LogP contribution in [0.5, 0.6) is 0 Å². The van der Waals surface area contributed by atoms with Gasteiger partial charge in [0.1, 0.15) is 0 Å². The van der Waals surface area contributed by atoms with Gasteiger partial charge < -0.3 is 0 Å². The van der Waals surface area contributed by atoms with Crippen molar-refractivity contribution in [3.63, 3.8) is 0 Å². The maximum atomic E-state index is 2.38. The van der Waals surface area contributed by atoms with Gasteiger partial charge in [0.25, 0.3) is 0 Å². The molecule has 1 aliphatic carbocycles. The molecule has 0 spiro atoms. The molecular formula is C10H19. The minimum Gasteiger partial charge on any atom is -0.0620 e. The Hall–Kier alpha value is 0. The fraction of sp³-hybridized carbons (Fsp3) is 0.900. The third kappa shape index (κ3) is 1.21. The smallest absolute Gasteiger partial charge is 0.0213 e. The van der Waals surface area contributed by atoms with Crippen LogP contribution in [-0.4, -0.2) is 0 Å². The van der Waals surface area contributed by atoms with Crippen LogP contribution in [0.15, 0.2) is 0 Å². The average molecular weight is 139 g/mol. The van der Waals surface area contributed by atoms with Crippen molar-refractivity contribution in [2.75, 3.05) is 0 Å². The summed E-state index contributed by atoms with van der Waals surface area (Å²) in [5.74, 6) is 2.59. The van der Waals surface area contributed by atoms with Gasteiger partial charge in [0, 0.05) is 0 Å². The van der Waals surface area contributed by atoms with Gasteiger partial charge in [-0.05, 0) is 23.7 Å². The summed E-state index contributed by atoms with van der Waals surface area (Å²) in [5, 5.41) is 0. The van der Waals surface area contributed by atoms with Gasteiger partial charge in [0.15, 0.2) is 0 Å². The van der Waals surface area contributed by atoms with Crippen molar-refractivity contribution in [2.24, 2.45) is 11.3 Å². The quantitative estimate of drug-likeness (QED) is 0.482. The number of hydrogen-bond acceptors (Lipinski definition) is 0. The lowest BCUT2D eigenvalue weighted by molar-refractivity contribution is 0.186. The molecule has 1 fully saturated rings. The molecule has 0 aliphatic heterocycles. The molecule has 1 aliphatic rings. The van der Waals surface area contributed by atoms with Crippen molar-refractivity contribution in [2.45, 2.75) is 47.0 Å². The summed E-state index contributed by atoms with van der Waals surface area (Å²) in [7, 11) is 0. The lowest BCUT2D eigenvalue weighted by Gasteiger charge is -2.41. The van der Waals surface area contributed by atoms with Gasteiger partial charge in [0.2, 0.25) is 0 Å². The molecule has 0 bridgehead atoms. The van der Waals surface area contributed by atoms with Gasteiger partial charge in [-0.1, -0.05) is 40.5 Å². The van der Waals surface area contributed by atoms with Crippen LogP contribution >= 0.6 is 0 Å². The van der Waals surface area contributed by atoms with E-state index in [9.17, 15) is 0 Å². The lowest BCUT2D eigenvalue weighted by atomic mass is 9.64. The normalized spacial score (nSPS) is 34.2. The molecule has 1 saturated carbocycles. The van der Waals surface area contributed by atoms with Gasteiger partial charge in [-0.25, -0.2) is 0 Å². The maximum absolute atomic E-state index is 2.38. The summed E-state index contributed by atoms with van der Waals surface area (Å²) in [6.45, 7) is 9.46. The average Bonchev–Trinajstić information content (AvgIpc) is 1.84. The van der Waals surface area contributed by atoms with E-state index in [0.717, 1.165) is 5.92 Å². The third-order valence-electron chi connectivity index (χ3n) is 3.52. The summed E-state index contributed by atoms with van der Waals surface area (Å²) in [5.41, 5.74) is 0.512. The first-order valence-electron chi connectivity index (χ1n) is 4.38. The molecule has 1 rings (SSSR count). The highest BCUT2D eigenvalue weighted by Gasteiger charge is 2.34. The van der Waals surface area contributed by atoms with E-state index in [1.165, 1.54) is 19.3 Å². The van der Waals surface area contributed by atoms with E-state index in [4.69, 9.17) is 0 Å². The van der Waals surface area contributed by atoms with Gasteiger partial charge >= 0.3 is 0 Å². The largest absolute Gasteiger partial charge is 0.0620 e. The molecular weight excluding hydrogens is 120 g/mol. The topological polar surface area (TPSA) is 0 Å². The van der Waals surface area contributed by atoms with Gasteiger partial charge in [-0.3, -0.25) is 0 Å². The summed E-state index contributed by atoms with van der Waals surface area (Å²) < 4.78 is 0. The van der Waals surface area contributed by atoms with E-state index in [0.29, 0.717) is 5.41 Å². The second-order valence-electron chi connectivity index (χ2n) is 4.30. The molecule has 1 unspecified atom stereocenters. The molecule has 0 aromatic rings. The first-order valence-corrected chi connectivity index (χ1v) is 4.38. The fourth-order valence-corrected chi connectivity index (χ4v) is 1.78. The van der Waals surface area contributed by atoms with Crippen molar-refractivity contribution in [3.8, 4) is 0 Å². The van der Waals surface area contributed by atoms with E-state index in [-0.39, 0.29) is 0 Å². The highest BCUT2D eigenvalue weighted by molar-refractivity contribution is 5.04. The third-order valence-corrected chi connectivity index (χ3v) is 3.52. The van der Waals surface area contributed by atoms with Crippen LogP contribution in [0, 0.1) is 17.3 Å². The zero-order valence-electron chi connectivity index (χ0n) is 7.70.